The Morgan fingerprint density at radius 2 is 2.29 bits per heavy atom. The molecular weight excluding hydrogens is 261 g/mol. The Bertz CT molecular complexity index is 485. The first-order chi connectivity index (χ1) is 8.15. The lowest BCUT2D eigenvalue weighted by Gasteiger charge is -2.15. The fourth-order valence-electron chi connectivity index (χ4n) is 1.41. The van der Waals surface area contributed by atoms with Crippen molar-refractivity contribution in [3.63, 3.8) is 0 Å². The highest BCUT2D eigenvalue weighted by molar-refractivity contribution is 6.33. The zero-order valence-electron chi connectivity index (χ0n) is 9.14. The van der Waals surface area contributed by atoms with Crippen LogP contribution in [-0.4, -0.2) is 25.8 Å². The van der Waals surface area contributed by atoms with E-state index in [-0.39, 0.29) is 11.3 Å². The minimum absolute atomic E-state index is 0.123. The van der Waals surface area contributed by atoms with Crippen LogP contribution in [0, 0.1) is 0 Å². The van der Waals surface area contributed by atoms with Crippen LogP contribution < -0.4 is 5.32 Å². The zero-order valence-corrected chi connectivity index (χ0v) is 10.7. The van der Waals surface area contributed by atoms with Crippen molar-refractivity contribution in [1.82, 2.24) is 19.7 Å². The van der Waals surface area contributed by atoms with Gasteiger partial charge in [-0.05, 0) is 24.6 Å². The van der Waals surface area contributed by atoms with Crippen molar-refractivity contribution in [1.29, 1.82) is 0 Å². The minimum atomic E-state index is 0.123. The summed E-state index contributed by atoms with van der Waals surface area (Å²) in [6.07, 6.45) is 5.11. The molecule has 0 aliphatic rings. The number of hydrogen-bond donors (Lipinski definition) is 1. The molecule has 0 fully saturated rings. The summed E-state index contributed by atoms with van der Waals surface area (Å²) in [5.74, 6) is 0.534. The maximum absolute atomic E-state index is 5.95. The van der Waals surface area contributed by atoms with Gasteiger partial charge in [0.05, 0.1) is 12.7 Å². The maximum atomic E-state index is 5.95. The molecule has 0 saturated heterocycles. The Hall–Kier alpha value is -1.33. The van der Waals surface area contributed by atoms with Gasteiger partial charge in [0.25, 0.3) is 0 Å². The fourth-order valence-corrected chi connectivity index (χ4v) is 1.69. The Labute approximate surface area is 109 Å². The van der Waals surface area contributed by atoms with Crippen LogP contribution in [-0.2, 0) is 6.54 Å². The Morgan fingerprint density at radius 1 is 1.47 bits per heavy atom. The highest BCUT2D eigenvalue weighted by Gasteiger charge is 2.08. The van der Waals surface area contributed by atoms with E-state index in [1.165, 1.54) is 6.20 Å². The number of anilines is 1. The van der Waals surface area contributed by atoms with E-state index in [0.29, 0.717) is 17.4 Å². The molecule has 0 amide bonds. The number of nitrogens with one attached hydrogen (secondary N) is 1. The first-order valence-corrected chi connectivity index (χ1v) is 5.83. The van der Waals surface area contributed by atoms with Crippen LogP contribution in [0.25, 0.3) is 0 Å². The first kappa shape index (κ1) is 12.1. The molecule has 2 rings (SSSR count). The Balaban J connectivity index is 2.02. The van der Waals surface area contributed by atoms with Crippen molar-refractivity contribution in [2.24, 2.45) is 0 Å². The third-order valence-electron chi connectivity index (χ3n) is 2.12. The van der Waals surface area contributed by atoms with Crippen LogP contribution in [0.1, 0.15) is 6.92 Å². The quantitative estimate of drug-likeness (QED) is 0.869. The molecule has 0 aromatic carbocycles. The molecule has 1 atom stereocenters. The third-order valence-corrected chi connectivity index (χ3v) is 2.58. The molecule has 0 spiro atoms. The number of nitrogens with zero attached hydrogens (tertiary/aromatic N) is 4. The number of aromatic nitrogens is 4. The summed E-state index contributed by atoms with van der Waals surface area (Å²) in [5.41, 5.74) is 0. The molecule has 0 aliphatic carbocycles. The van der Waals surface area contributed by atoms with Gasteiger partial charge in [-0.15, -0.1) is 0 Å². The van der Waals surface area contributed by atoms with Gasteiger partial charge in [0.2, 0.25) is 5.28 Å². The van der Waals surface area contributed by atoms with Gasteiger partial charge in [-0.25, -0.2) is 4.98 Å². The lowest BCUT2D eigenvalue weighted by atomic mass is 10.3. The summed E-state index contributed by atoms with van der Waals surface area (Å²) in [7, 11) is 0. The summed E-state index contributed by atoms with van der Waals surface area (Å²) >= 11 is 11.7. The monoisotopic (exact) mass is 271 g/mol. The second-order valence-corrected chi connectivity index (χ2v) is 4.35. The number of hydrogen-bond acceptors (Lipinski definition) is 4. The average molecular weight is 272 g/mol. The van der Waals surface area contributed by atoms with E-state index < -0.39 is 0 Å². The van der Waals surface area contributed by atoms with E-state index in [4.69, 9.17) is 23.2 Å². The van der Waals surface area contributed by atoms with Crippen LogP contribution in [0.4, 0.5) is 5.82 Å². The van der Waals surface area contributed by atoms with Crippen molar-refractivity contribution < 1.29 is 0 Å². The van der Waals surface area contributed by atoms with Crippen molar-refractivity contribution >= 4 is 29.0 Å². The molecular formula is C10H11Cl2N5. The van der Waals surface area contributed by atoms with Gasteiger partial charge >= 0.3 is 0 Å². The fraction of sp³-hybridized carbons (Fsp3) is 0.300. The molecule has 17 heavy (non-hydrogen) atoms. The molecule has 90 valence electrons. The van der Waals surface area contributed by atoms with Crippen LogP contribution in [0.3, 0.4) is 0 Å². The van der Waals surface area contributed by atoms with Gasteiger partial charge in [0.1, 0.15) is 10.8 Å². The van der Waals surface area contributed by atoms with E-state index >= 15 is 0 Å². The zero-order chi connectivity index (χ0) is 12.3. The third kappa shape index (κ3) is 3.31. The van der Waals surface area contributed by atoms with E-state index in [2.05, 4.69) is 20.4 Å². The molecule has 0 aliphatic heterocycles. The summed E-state index contributed by atoms with van der Waals surface area (Å²) in [5, 5.41) is 7.90. The highest BCUT2D eigenvalue weighted by atomic mass is 35.5. The van der Waals surface area contributed by atoms with Crippen molar-refractivity contribution in [2.45, 2.75) is 19.5 Å². The minimum Gasteiger partial charge on any atom is -0.364 e. The molecule has 2 aromatic rings. The largest absolute Gasteiger partial charge is 0.364 e. The molecule has 1 unspecified atom stereocenters. The Kier molecular flexibility index (Phi) is 3.81. The second-order valence-electron chi connectivity index (χ2n) is 3.61. The lowest BCUT2D eigenvalue weighted by Crippen LogP contribution is -2.23. The van der Waals surface area contributed by atoms with Crippen molar-refractivity contribution in [3.05, 3.63) is 35.0 Å². The van der Waals surface area contributed by atoms with Crippen LogP contribution >= 0.6 is 23.2 Å². The second kappa shape index (κ2) is 5.33. The van der Waals surface area contributed by atoms with Crippen molar-refractivity contribution in [3.8, 4) is 0 Å². The number of rotatable bonds is 4. The van der Waals surface area contributed by atoms with E-state index in [1.54, 1.807) is 6.20 Å². The topological polar surface area (TPSA) is 55.6 Å². The number of halogens is 2. The molecule has 2 heterocycles. The molecule has 0 radical (unpaired) electrons. The van der Waals surface area contributed by atoms with E-state index in [1.807, 2.05) is 23.9 Å². The molecule has 0 bridgehead atoms. The molecule has 5 nitrogen and oxygen atoms in total. The summed E-state index contributed by atoms with van der Waals surface area (Å²) < 4.78 is 1.83. The van der Waals surface area contributed by atoms with Crippen LogP contribution in [0.5, 0.6) is 0 Å². The molecule has 2 aromatic heterocycles. The average Bonchev–Trinajstić information content (AvgIpc) is 2.76. The SMILES string of the molecule is CC(Cn1cccn1)Nc1nc(Cl)ncc1Cl. The lowest BCUT2D eigenvalue weighted by molar-refractivity contribution is 0.559. The predicted molar refractivity (Wildman–Crippen MR) is 67.4 cm³/mol. The normalized spacial score (nSPS) is 12.4. The van der Waals surface area contributed by atoms with Crippen LogP contribution in [0.15, 0.2) is 24.7 Å². The summed E-state index contributed by atoms with van der Waals surface area (Å²) in [4.78, 5) is 7.81. The maximum Gasteiger partial charge on any atom is 0.224 e. The smallest absolute Gasteiger partial charge is 0.224 e. The summed E-state index contributed by atoms with van der Waals surface area (Å²) in [6.45, 7) is 2.72. The Morgan fingerprint density at radius 3 is 3.00 bits per heavy atom. The van der Waals surface area contributed by atoms with E-state index in [9.17, 15) is 0 Å². The van der Waals surface area contributed by atoms with Gasteiger partial charge < -0.3 is 5.32 Å². The van der Waals surface area contributed by atoms with Gasteiger partial charge in [0, 0.05) is 18.4 Å². The molecule has 7 heteroatoms. The van der Waals surface area contributed by atoms with Gasteiger partial charge in [-0.1, -0.05) is 11.6 Å². The van der Waals surface area contributed by atoms with Gasteiger partial charge in [0.15, 0.2) is 0 Å². The molecule has 1 N–H and O–H groups in total. The molecule has 0 saturated carbocycles. The van der Waals surface area contributed by atoms with Crippen molar-refractivity contribution in [2.75, 3.05) is 5.32 Å². The van der Waals surface area contributed by atoms with Gasteiger partial charge in [-0.3, -0.25) is 4.68 Å². The van der Waals surface area contributed by atoms with Gasteiger partial charge in [-0.2, -0.15) is 10.1 Å². The van der Waals surface area contributed by atoms with E-state index in [0.717, 1.165) is 0 Å². The highest BCUT2D eigenvalue weighted by Crippen LogP contribution is 2.20. The summed E-state index contributed by atoms with van der Waals surface area (Å²) in [6, 6.07) is 2.00. The van der Waals surface area contributed by atoms with Crippen LogP contribution in [0.2, 0.25) is 10.3 Å². The predicted octanol–water partition coefficient (Wildman–Crippen LogP) is 2.48. The first-order valence-electron chi connectivity index (χ1n) is 5.07. The standard InChI is InChI=1S/C10H11Cl2N5/c1-7(6-17-4-2-3-14-17)15-9-8(11)5-13-10(12)16-9/h2-5,7H,6H2,1H3,(H,13,15,16).